The lowest BCUT2D eigenvalue weighted by Gasteiger charge is -2.14. The Balaban J connectivity index is 1.91. The van der Waals surface area contributed by atoms with Gasteiger partial charge in [0.05, 0.1) is 21.3 Å². The lowest BCUT2D eigenvalue weighted by atomic mass is 10.1. The second kappa shape index (κ2) is 11.7. The summed E-state index contributed by atoms with van der Waals surface area (Å²) in [6.45, 7) is 2.36. The Kier molecular flexibility index (Phi) is 9.00. The smallest absolute Gasteiger partial charge is 0.224 e. The van der Waals surface area contributed by atoms with Gasteiger partial charge in [0.15, 0.2) is 11.5 Å². The molecule has 162 valence electrons. The van der Waals surface area contributed by atoms with Crippen LogP contribution in [-0.2, 0) is 22.6 Å². The van der Waals surface area contributed by atoms with Crippen LogP contribution < -0.4 is 24.8 Å². The molecule has 0 heterocycles. The third-order valence-corrected chi connectivity index (χ3v) is 4.54. The molecule has 0 spiro atoms. The number of carbonyl (C=O) groups is 2. The average molecular weight is 415 g/mol. The standard InChI is InChI=1S/C23H30N2O5/c1-5-7-22(27)25-18-9-6-8-17(12-18)15-24-21(26)11-10-16-13-19(28-2)23(30-4)20(14-16)29-3/h6,8-9,12-14H,5,7,10-11,15H2,1-4H3,(H,24,26)(H,25,27). The van der Waals surface area contributed by atoms with Crippen molar-refractivity contribution in [3.63, 3.8) is 0 Å². The van der Waals surface area contributed by atoms with Gasteiger partial charge in [0, 0.05) is 25.1 Å². The van der Waals surface area contributed by atoms with Gasteiger partial charge < -0.3 is 24.8 Å². The highest BCUT2D eigenvalue weighted by Crippen LogP contribution is 2.38. The summed E-state index contributed by atoms with van der Waals surface area (Å²) in [5.74, 6) is 1.58. The number of amides is 2. The summed E-state index contributed by atoms with van der Waals surface area (Å²) in [4.78, 5) is 24.0. The number of hydrogen-bond donors (Lipinski definition) is 2. The second-order valence-electron chi connectivity index (χ2n) is 6.81. The van der Waals surface area contributed by atoms with Crippen LogP contribution in [0.3, 0.4) is 0 Å². The van der Waals surface area contributed by atoms with Gasteiger partial charge >= 0.3 is 0 Å². The molecule has 0 saturated heterocycles. The normalized spacial score (nSPS) is 10.3. The van der Waals surface area contributed by atoms with Gasteiger partial charge in [-0.1, -0.05) is 19.1 Å². The van der Waals surface area contributed by atoms with Crippen molar-refractivity contribution in [2.24, 2.45) is 0 Å². The highest BCUT2D eigenvalue weighted by molar-refractivity contribution is 5.90. The van der Waals surface area contributed by atoms with E-state index in [1.165, 1.54) is 0 Å². The van der Waals surface area contributed by atoms with Crippen molar-refractivity contribution in [2.45, 2.75) is 39.2 Å². The quantitative estimate of drug-likeness (QED) is 0.586. The minimum absolute atomic E-state index is 0.0102. The van der Waals surface area contributed by atoms with Gasteiger partial charge in [-0.25, -0.2) is 0 Å². The van der Waals surface area contributed by atoms with Gasteiger partial charge in [-0.05, 0) is 48.2 Å². The van der Waals surface area contributed by atoms with Gasteiger partial charge in [0.25, 0.3) is 0 Å². The van der Waals surface area contributed by atoms with E-state index in [1.807, 2.05) is 43.3 Å². The molecule has 2 aromatic carbocycles. The third-order valence-electron chi connectivity index (χ3n) is 4.54. The zero-order valence-electron chi connectivity index (χ0n) is 18.0. The van der Waals surface area contributed by atoms with Gasteiger partial charge in [-0.15, -0.1) is 0 Å². The van der Waals surface area contributed by atoms with Crippen molar-refractivity contribution < 1.29 is 23.8 Å². The van der Waals surface area contributed by atoms with Crippen molar-refractivity contribution in [1.29, 1.82) is 0 Å². The summed E-state index contributed by atoms with van der Waals surface area (Å²) >= 11 is 0. The number of methoxy groups -OCH3 is 3. The number of benzene rings is 2. The molecular weight excluding hydrogens is 384 g/mol. The van der Waals surface area contributed by atoms with Crippen molar-refractivity contribution in [2.75, 3.05) is 26.6 Å². The van der Waals surface area contributed by atoms with Crippen LogP contribution in [0.15, 0.2) is 36.4 Å². The predicted molar refractivity (Wildman–Crippen MR) is 116 cm³/mol. The molecule has 0 atom stereocenters. The number of ether oxygens (including phenoxy) is 3. The average Bonchev–Trinajstić information content (AvgIpc) is 2.75. The first kappa shape index (κ1) is 23.1. The summed E-state index contributed by atoms with van der Waals surface area (Å²) < 4.78 is 16.0. The van der Waals surface area contributed by atoms with Gasteiger partial charge in [-0.3, -0.25) is 9.59 Å². The van der Waals surface area contributed by atoms with E-state index in [4.69, 9.17) is 14.2 Å². The number of hydrogen-bond acceptors (Lipinski definition) is 5. The molecule has 0 radical (unpaired) electrons. The minimum atomic E-state index is -0.0656. The lowest BCUT2D eigenvalue weighted by Crippen LogP contribution is -2.23. The molecule has 7 nitrogen and oxygen atoms in total. The lowest BCUT2D eigenvalue weighted by molar-refractivity contribution is -0.121. The molecule has 0 unspecified atom stereocenters. The van der Waals surface area contributed by atoms with E-state index < -0.39 is 0 Å². The van der Waals surface area contributed by atoms with Crippen LogP contribution in [0.25, 0.3) is 0 Å². The SMILES string of the molecule is CCCC(=O)Nc1cccc(CNC(=O)CCc2cc(OC)c(OC)c(OC)c2)c1. The van der Waals surface area contributed by atoms with Crippen molar-refractivity contribution in [3.05, 3.63) is 47.5 Å². The summed E-state index contributed by atoms with van der Waals surface area (Å²) in [5, 5.41) is 5.78. The fourth-order valence-corrected chi connectivity index (χ4v) is 3.04. The molecule has 0 saturated carbocycles. The minimum Gasteiger partial charge on any atom is -0.493 e. The molecule has 2 rings (SSSR count). The molecule has 2 amide bonds. The van der Waals surface area contributed by atoms with Crippen LogP contribution in [0.1, 0.15) is 37.3 Å². The first-order valence-corrected chi connectivity index (χ1v) is 9.95. The van der Waals surface area contributed by atoms with Crippen LogP contribution in [0.5, 0.6) is 17.2 Å². The molecule has 7 heteroatoms. The third kappa shape index (κ3) is 6.69. The van der Waals surface area contributed by atoms with E-state index in [1.54, 1.807) is 21.3 Å². The molecule has 0 bridgehead atoms. The number of aryl methyl sites for hydroxylation is 1. The van der Waals surface area contributed by atoms with E-state index in [9.17, 15) is 9.59 Å². The van der Waals surface area contributed by atoms with E-state index in [0.29, 0.717) is 43.1 Å². The molecule has 0 aromatic heterocycles. The van der Waals surface area contributed by atoms with E-state index in [2.05, 4.69) is 10.6 Å². The zero-order valence-corrected chi connectivity index (χ0v) is 18.0. The fourth-order valence-electron chi connectivity index (χ4n) is 3.04. The van der Waals surface area contributed by atoms with Crippen LogP contribution in [0.4, 0.5) is 5.69 Å². The molecule has 0 aliphatic rings. The second-order valence-corrected chi connectivity index (χ2v) is 6.81. The van der Waals surface area contributed by atoms with Gasteiger partial charge in [0.1, 0.15) is 0 Å². The van der Waals surface area contributed by atoms with E-state index >= 15 is 0 Å². The van der Waals surface area contributed by atoms with E-state index in [-0.39, 0.29) is 11.8 Å². The summed E-state index contributed by atoms with van der Waals surface area (Å²) in [7, 11) is 4.68. The number of anilines is 1. The Morgan fingerprint density at radius 3 is 2.17 bits per heavy atom. The number of rotatable bonds is 11. The Hall–Kier alpha value is -3.22. The van der Waals surface area contributed by atoms with Crippen LogP contribution in [0, 0.1) is 0 Å². The molecular formula is C23H30N2O5. The van der Waals surface area contributed by atoms with Crippen LogP contribution in [0.2, 0.25) is 0 Å². The largest absolute Gasteiger partial charge is 0.493 e. The number of nitrogens with one attached hydrogen (secondary N) is 2. The molecule has 0 aliphatic heterocycles. The zero-order chi connectivity index (χ0) is 21.9. The maximum absolute atomic E-state index is 12.3. The Labute approximate surface area is 177 Å². The maximum Gasteiger partial charge on any atom is 0.224 e. The fraction of sp³-hybridized carbons (Fsp3) is 0.391. The van der Waals surface area contributed by atoms with Gasteiger partial charge in [-0.2, -0.15) is 0 Å². The van der Waals surface area contributed by atoms with Crippen molar-refractivity contribution in [3.8, 4) is 17.2 Å². The first-order valence-electron chi connectivity index (χ1n) is 9.95. The maximum atomic E-state index is 12.3. The molecule has 0 fully saturated rings. The Bertz CT molecular complexity index is 841. The van der Waals surface area contributed by atoms with Crippen LogP contribution in [-0.4, -0.2) is 33.1 Å². The summed E-state index contributed by atoms with van der Waals surface area (Å²) in [6.07, 6.45) is 2.15. The Morgan fingerprint density at radius 2 is 1.57 bits per heavy atom. The first-order chi connectivity index (χ1) is 14.5. The monoisotopic (exact) mass is 414 g/mol. The van der Waals surface area contributed by atoms with Crippen molar-refractivity contribution in [1.82, 2.24) is 5.32 Å². The Morgan fingerprint density at radius 1 is 0.867 bits per heavy atom. The number of carbonyl (C=O) groups excluding carboxylic acids is 2. The molecule has 0 aliphatic carbocycles. The van der Waals surface area contributed by atoms with Crippen molar-refractivity contribution >= 4 is 17.5 Å². The molecule has 2 N–H and O–H groups in total. The topological polar surface area (TPSA) is 85.9 Å². The highest BCUT2D eigenvalue weighted by atomic mass is 16.5. The molecule has 2 aromatic rings. The predicted octanol–water partition coefficient (Wildman–Crippen LogP) is 3.70. The summed E-state index contributed by atoms with van der Waals surface area (Å²) in [6, 6.07) is 11.2. The molecule has 30 heavy (non-hydrogen) atoms. The summed E-state index contributed by atoms with van der Waals surface area (Å²) in [5.41, 5.74) is 2.57. The van der Waals surface area contributed by atoms with Crippen LogP contribution >= 0.6 is 0 Å². The highest BCUT2D eigenvalue weighted by Gasteiger charge is 2.14. The van der Waals surface area contributed by atoms with Gasteiger partial charge in [0.2, 0.25) is 17.6 Å². The van der Waals surface area contributed by atoms with E-state index in [0.717, 1.165) is 23.2 Å².